The Kier molecular flexibility index (Phi) is 4.28. The van der Waals surface area contributed by atoms with Gasteiger partial charge in [0, 0.05) is 6.54 Å². The maximum atomic E-state index is 11.7. The molecule has 2 saturated heterocycles. The number of ether oxygens (including phenoxy) is 1. The van der Waals surface area contributed by atoms with Crippen molar-refractivity contribution in [3.63, 3.8) is 0 Å². The molecule has 2 aliphatic rings. The Balaban J connectivity index is 1.68. The van der Waals surface area contributed by atoms with E-state index in [0.717, 1.165) is 18.6 Å². The normalized spacial score (nSPS) is 32.6. The quantitative estimate of drug-likeness (QED) is 0.774. The lowest BCUT2D eigenvalue weighted by Gasteiger charge is -2.14. The third-order valence-electron chi connectivity index (χ3n) is 3.11. The van der Waals surface area contributed by atoms with Gasteiger partial charge in [-0.15, -0.1) is 11.8 Å². The van der Waals surface area contributed by atoms with Crippen LogP contribution in [0.5, 0.6) is 0 Å². The number of hydrogen-bond donors (Lipinski definition) is 2. The molecule has 3 unspecified atom stereocenters. The van der Waals surface area contributed by atoms with Crippen molar-refractivity contribution in [2.24, 2.45) is 0 Å². The topological polar surface area (TPSA) is 75.6 Å². The van der Waals surface area contributed by atoms with E-state index in [0.29, 0.717) is 19.4 Å². The molecule has 5 nitrogen and oxygen atoms in total. The minimum Gasteiger partial charge on any atom is -0.479 e. The highest BCUT2D eigenvalue weighted by molar-refractivity contribution is 8.00. The molecule has 0 saturated carbocycles. The number of nitrogens with one attached hydrogen (secondary N) is 1. The summed E-state index contributed by atoms with van der Waals surface area (Å²) in [5.74, 6) is 0.207. The fourth-order valence-corrected chi connectivity index (χ4v) is 3.34. The molecule has 2 N–H and O–H groups in total. The third-order valence-corrected chi connectivity index (χ3v) is 4.49. The molecule has 3 atom stereocenters. The Morgan fingerprint density at radius 1 is 1.35 bits per heavy atom. The summed E-state index contributed by atoms with van der Waals surface area (Å²) >= 11 is 1.69. The highest BCUT2D eigenvalue weighted by Gasteiger charge is 2.31. The van der Waals surface area contributed by atoms with E-state index >= 15 is 0 Å². The van der Waals surface area contributed by atoms with Gasteiger partial charge in [-0.2, -0.15) is 0 Å². The molecule has 2 aliphatic heterocycles. The summed E-state index contributed by atoms with van der Waals surface area (Å²) < 4.78 is 5.31. The lowest BCUT2D eigenvalue weighted by Crippen LogP contribution is -2.37. The first kappa shape index (κ1) is 12.7. The molecule has 0 aromatic carbocycles. The Bertz CT molecular complexity index is 304. The fourth-order valence-electron chi connectivity index (χ4n) is 2.15. The second kappa shape index (κ2) is 5.73. The zero-order valence-corrected chi connectivity index (χ0v) is 10.4. The lowest BCUT2D eigenvalue weighted by atomic mass is 10.2. The van der Waals surface area contributed by atoms with Crippen LogP contribution in [0.15, 0.2) is 0 Å². The van der Waals surface area contributed by atoms with Gasteiger partial charge in [-0.1, -0.05) is 0 Å². The van der Waals surface area contributed by atoms with Gasteiger partial charge in [0.2, 0.25) is 5.91 Å². The van der Waals surface area contributed by atoms with Gasteiger partial charge in [-0.05, 0) is 31.4 Å². The van der Waals surface area contributed by atoms with Crippen LogP contribution in [0.1, 0.15) is 25.7 Å². The minimum absolute atomic E-state index is 0.0647. The first-order valence-electron chi connectivity index (χ1n) is 5.94. The molecule has 0 bridgehead atoms. The molecule has 2 heterocycles. The first-order valence-corrected chi connectivity index (χ1v) is 6.99. The number of aliphatic carboxylic acids is 1. The van der Waals surface area contributed by atoms with Gasteiger partial charge in [0.15, 0.2) is 6.10 Å². The van der Waals surface area contributed by atoms with E-state index in [-0.39, 0.29) is 17.3 Å². The van der Waals surface area contributed by atoms with Crippen LogP contribution < -0.4 is 5.32 Å². The highest BCUT2D eigenvalue weighted by Crippen LogP contribution is 2.26. The monoisotopic (exact) mass is 259 g/mol. The van der Waals surface area contributed by atoms with Crippen molar-refractivity contribution in [1.82, 2.24) is 5.32 Å². The van der Waals surface area contributed by atoms with Gasteiger partial charge >= 0.3 is 5.97 Å². The summed E-state index contributed by atoms with van der Waals surface area (Å²) in [6.07, 6.45) is 2.44. The van der Waals surface area contributed by atoms with Gasteiger partial charge < -0.3 is 15.2 Å². The summed E-state index contributed by atoms with van der Waals surface area (Å²) in [5, 5.41) is 11.7. The Hall–Kier alpha value is -0.750. The van der Waals surface area contributed by atoms with Crippen LogP contribution in [-0.2, 0) is 14.3 Å². The zero-order valence-electron chi connectivity index (χ0n) is 9.55. The van der Waals surface area contributed by atoms with Crippen molar-refractivity contribution in [2.45, 2.75) is 43.1 Å². The van der Waals surface area contributed by atoms with Gasteiger partial charge in [0.25, 0.3) is 0 Å². The summed E-state index contributed by atoms with van der Waals surface area (Å²) in [6.45, 7) is 0.430. The van der Waals surface area contributed by atoms with Crippen LogP contribution in [0.2, 0.25) is 0 Å². The first-order chi connectivity index (χ1) is 8.16. The lowest BCUT2D eigenvalue weighted by molar-refractivity contribution is -0.149. The van der Waals surface area contributed by atoms with Crippen molar-refractivity contribution in [3.05, 3.63) is 0 Å². The third kappa shape index (κ3) is 3.35. The van der Waals surface area contributed by atoms with Crippen LogP contribution in [0.4, 0.5) is 0 Å². The number of carboxylic acid groups (broad SMARTS) is 1. The van der Waals surface area contributed by atoms with E-state index in [9.17, 15) is 9.59 Å². The maximum absolute atomic E-state index is 11.7. The van der Waals surface area contributed by atoms with E-state index in [1.807, 2.05) is 0 Å². The molecule has 17 heavy (non-hydrogen) atoms. The molecule has 0 spiro atoms. The second-order valence-electron chi connectivity index (χ2n) is 4.41. The summed E-state index contributed by atoms with van der Waals surface area (Å²) in [6, 6.07) is 0. The maximum Gasteiger partial charge on any atom is 0.332 e. The van der Waals surface area contributed by atoms with Crippen LogP contribution in [0.3, 0.4) is 0 Å². The van der Waals surface area contributed by atoms with Crippen LogP contribution in [0.25, 0.3) is 0 Å². The van der Waals surface area contributed by atoms with Crippen molar-refractivity contribution in [3.8, 4) is 0 Å². The van der Waals surface area contributed by atoms with Crippen molar-refractivity contribution in [1.29, 1.82) is 0 Å². The molecule has 1 amide bonds. The Labute approximate surface area is 104 Å². The molecule has 0 aliphatic carbocycles. The molecular weight excluding hydrogens is 242 g/mol. The van der Waals surface area contributed by atoms with Gasteiger partial charge in [0.05, 0.1) is 11.4 Å². The number of amides is 1. The predicted molar refractivity (Wildman–Crippen MR) is 64.0 cm³/mol. The van der Waals surface area contributed by atoms with E-state index in [1.54, 1.807) is 11.8 Å². The van der Waals surface area contributed by atoms with E-state index < -0.39 is 12.1 Å². The SMILES string of the molecule is O=C(O)C1CCC(CNC(=O)C2CCCS2)O1. The van der Waals surface area contributed by atoms with Crippen LogP contribution in [-0.4, -0.2) is 46.7 Å². The molecule has 0 aromatic heterocycles. The predicted octanol–water partition coefficient (Wildman–Crippen LogP) is 0.630. The van der Waals surface area contributed by atoms with E-state index in [4.69, 9.17) is 9.84 Å². The number of thioether (sulfide) groups is 1. The molecular formula is C11H17NO4S. The number of carbonyl (C=O) groups excluding carboxylic acids is 1. The second-order valence-corrected chi connectivity index (χ2v) is 5.72. The fraction of sp³-hybridized carbons (Fsp3) is 0.818. The van der Waals surface area contributed by atoms with E-state index in [1.165, 1.54) is 0 Å². The smallest absolute Gasteiger partial charge is 0.332 e. The van der Waals surface area contributed by atoms with Crippen LogP contribution in [0, 0.1) is 0 Å². The number of rotatable bonds is 4. The summed E-state index contributed by atoms with van der Waals surface area (Å²) in [4.78, 5) is 22.4. The number of hydrogen-bond acceptors (Lipinski definition) is 4. The molecule has 6 heteroatoms. The highest BCUT2D eigenvalue weighted by atomic mass is 32.2. The molecule has 0 radical (unpaired) electrons. The average Bonchev–Trinajstić information content (AvgIpc) is 2.97. The standard InChI is InChI=1S/C11H17NO4S/c13-10(9-2-1-5-17-9)12-6-7-3-4-8(16-7)11(14)15/h7-9H,1-6H2,(H,12,13)(H,14,15). The van der Waals surface area contributed by atoms with Crippen molar-refractivity contribution < 1.29 is 19.4 Å². The summed E-state index contributed by atoms with van der Waals surface area (Å²) in [7, 11) is 0. The van der Waals surface area contributed by atoms with Crippen molar-refractivity contribution in [2.75, 3.05) is 12.3 Å². The molecule has 96 valence electrons. The van der Waals surface area contributed by atoms with E-state index in [2.05, 4.69) is 5.32 Å². The summed E-state index contributed by atoms with van der Waals surface area (Å²) in [5.41, 5.74) is 0. The van der Waals surface area contributed by atoms with Gasteiger partial charge in [0.1, 0.15) is 0 Å². The van der Waals surface area contributed by atoms with Crippen LogP contribution >= 0.6 is 11.8 Å². The number of carboxylic acids is 1. The van der Waals surface area contributed by atoms with Gasteiger partial charge in [-0.25, -0.2) is 4.79 Å². The molecule has 2 fully saturated rings. The number of carbonyl (C=O) groups is 2. The van der Waals surface area contributed by atoms with Crippen molar-refractivity contribution >= 4 is 23.6 Å². The largest absolute Gasteiger partial charge is 0.479 e. The Morgan fingerprint density at radius 3 is 2.76 bits per heavy atom. The minimum atomic E-state index is -0.912. The Morgan fingerprint density at radius 2 is 2.18 bits per heavy atom. The van der Waals surface area contributed by atoms with Gasteiger partial charge in [-0.3, -0.25) is 4.79 Å². The molecule has 2 rings (SSSR count). The zero-order chi connectivity index (χ0) is 12.3. The average molecular weight is 259 g/mol. The molecule has 0 aromatic rings.